The maximum absolute atomic E-state index is 5.40. The van der Waals surface area contributed by atoms with Crippen LogP contribution in [0.3, 0.4) is 0 Å². The third kappa shape index (κ3) is 3.00. The number of aryl methyl sites for hydroxylation is 1. The lowest BCUT2D eigenvalue weighted by Gasteiger charge is -2.02. The van der Waals surface area contributed by atoms with Crippen molar-refractivity contribution in [2.45, 2.75) is 25.8 Å². The lowest BCUT2D eigenvalue weighted by Crippen LogP contribution is -2.00. The van der Waals surface area contributed by atoms with Gasteiger partial charge in [0, 0.05) is 31.2 Å². The van der Waals surface area contributed by atoms with Crippen molar-refractivity contribution in [1.29, 1.82) is 0 Å². The van der Waals surface area contributed by atoms with Crippen LogP contribution in [0.25, 0.3) is 11.4 Å². The molecule has 1 atom stereocenters. The summed E-state index contributed by atoms with van der Waals surface area (Å²) in [7, 11) is 0. The minimum Gasteiger partial charge on any atom is -0.381 e. The Morgan fingerprint density at radius 2 is 2.13 bits per heavy atom. The van der Waals surface area contributed by atoms with E-state index in [1.165, 1.54) is 0 Å². The van der Waals surface area contributed by atoms with E-state index in [1.54, 1.807) is 6.92 Å². The van der Waals surface area contributed by atoms with Crippen LogP contribution in [0.4, 0.5) is 0 Å². The zero-order valence-electron chi connectivity index (χ0n) is 12.8. The Balaban J connectivity index is 1.46. The molecule has 4 rings (SSSR count). The van der Waals surface area contributed by atoms with E-state index in [-0.39, 0.29) is 0 Å². The SMILES string of the molecule is Cc1nc(-c2ccc(Cn3cc([C@H]4CCOC4)nn3)cc2)no1. The molecule has 1 aliphatic heterocycles. The van der Waals surface area contributed by atoms with Crippen molar-refractivity contribution in [3.8, 4) is 11.4 Å². The summed E-state index contributed by atoms with van der Waals surface area (Å²) in [6.45, 7) is 4.03. The van der Waals surface area contributed by atoms with E-state index in [9.17, 15) is 0 Å². The lowest BCUT2D eigenvalue weighted by atomic mass is 10.1. The molecule has 3 heterocycles. The molecule has 7 nitrogen and oxygen atoms in total. The molecule has 2 aromatic heterocycles. The first-order valence-corrected chi connectivity index (χ1v) is 7.65. The van der Waals surface area contributed by atoms with Gasteiger partial charge in [0.2, 0.25) is 11.7 Å². The van der Waals surface area contributed by atoms with E-state index < -0.39 is 0 Å². The predicted octanol–water partition coefficient (Wildman–Crippen LogP) is 2.19. The van der Waals surface area contributed by atoms with Gasteiger partial charge >= 0.3 is 0 Å². The first-order chi connectivity index (χ1) is 11.3. The molecule has 3 aromatic rings. The average Bonchev–Trinajstić information content (AvgIpc) is 3.28. The molecule has 1 aromatic carbocycles. The minimum atomic E-state index is 0.382. The third-order valence-corrected chi connectivity index (χ3v) is 3.99. The van der Waals surface area contributed by atoms with Gasteiger partial charge in [0.25, 0.3) is 0 Å². The second-order valence-corrected chi connectivity index (χ2v) is 5.74. The predicted molar refractivity (Wildman–Crippen MR) is 81.8 cm³/mol. The molecule has 0 amide bonds. The Labute approximate surface area is 133 Å². The van der Waals surface area contributed by atoms with Crippen molar-refractivity contribution in [3.05, 3.63) is 47.6 Å². The fraction of sp³-hybridized carbons (Fsp3) is 0.375. The number of ether oxygens (including phenoxy) is 1. The monoisotopic (exact) mass is 311 g/mol. The molecular formula is C16H17N5O2. The summed E-state index contributed by atoms with van der Waals surface area (Å²) in [4.78, 5) is 4.22. The van der Waals surface area contributed by atoms with Crippen LogP contribution in [-0.4, -0.2) is 38.3 Å². The Morgan fingerprint density at radius 3 is 2.83 bits per heavy atom. The molecule has 7 heteroatoms. The first-order valence-electron chi connectivity index (χ1n) is 7.65. The van der Waals surface area contributed by atoms with Crippen molar-refractivity contribution in [2.75, 3.05) is 13.2 Å². The molecule has 0 N–H and O–H groups in total. The zero-order valence-corrected chi connectivity index (χ0v) is 12.8. The van der Waals surface area contributed by atoms with Gasteiger partial charge in [-0.3, -0.25) is 0 Å². The molecule has 0 saturated carbocycles. The van der Waals surface area contributed by atoms with Crippen LogP contribution in [0.2, 0.25) is 0 Å². The average molecular weight is 311 g/mol. The van der Waals surface area contributed by atoms with Crippen LogP contribution >= 0.6 is 0 Å². The van der Waals surface area contributed by atoms with Crippen LogP contribution in [0.1, 0.15) is 29.5 Å². The van der Waals surface area contributed by atoms with Crippen LogP contribution in [-0.2, 0) is 11.3 Å². The van der Waals surface area contributed by atoms with Crippen LogP contribution < -0.4 is 0 Å². The van der Waals surface area contributed by atoms with E-state index in [1.807, 2.05) is 35.1 Å². The summed E-state index contributed by atoms with van der Waals surface area (Å²) in [5, 5.41) is 12.4. The Kier molecular flexibility index (Phi) is 3.63. The molecule has 23 heavy (non-hydrogen) atoms. The smallest absolute Gasteiger partial charge is 0.223 e. The topological polar surface area (TPSA) is 78.9 Å². The Hall–Kier alpha value is -2.54. The van der Waals surface area contributed by atoms with Gasteiger partial charge in [-0.1, -0.05) is 34.6 Å². The van der Waals surface area contributed by atoms with E-state index in [4.69, 9.17) is 9.26 Å². The highest BCUT2D eigenvalue weighted by Crippen LogP contribution is 2.23. The maximum Gasteiger partial charge on any atom is 0.223 e. The van der Waals surface area contributed by atoms with Gasteiger partial charge < -0.3 is 9.26 Å². The second-order valence-electron chi connectivity index (χ2n) is 5.74. The summed E-state index contributed by atoms with van der Waals surface area (Å²) in [6.07, 6.45) is 3.04. The van der Waals surface area contributed by atoms with Crippen molar-refractivity contribution >= 4 is 0 Å². The van der Waals surface area contributed by atoms with E-state index in [0.29, 0.717) is 24.2 Å². The number of rotatable bonds is 4. The molecule has 0 radical (unpaired) electrons. The van der Waals surface area contributed by atoms with E-state index >= 15 is 0 Å². The number of nitrogens with zero attached hydrogens (tertiary/aromatic N) is 5. The third-order valence-electron chi connectivity index (χ3n) is 3.99. The van der Waals surface area contributed by atoms with Gasteiger partial charge in [-0.25, -0.2) is 4.68 Å². The van der Waals surface area contributed by atoms with Crippen LogP contribution in [0.5, 0.6) is 0 Å². The molecule has 1 fully saturated rings. The first kappa shape index (κ1) is 14.1. The fourth-order valence-electron chi connectivity index (χ4n) is 2.71. The van der Waals surface area contributed by atoms with Crippen molar-refractivity contribution in [3.63, 3.8) is 0 Å². The van der Waals surface area contributed by atoms with Crippen LogP contribution in [0.15, 0.2) is 35.0 Å². The Bertz CT molecular complexity index is 787. The summed E-state index contributed by atoms with van der Waals surface area (Å²) in [5.74, 6) is 1.56. The van der Waals surface area contributed by atoms with E-state index in [2.05, 4.69) is 20.5 Å². The van der Waals surface area contributed by atoms with Gasteiger partial charge in [-0.15, -0.1) is 5.10 Å². The molecule has 0 spiro atoms. The van der Waals surface area contributed by atoms with Gasteiger partial charge in [0.15, 0.2) is 0 Å². The summed E-state index contributed by atoms with van der Waals surface area (Å²) < 4.78 is 12.3. The van der Waals surface area contributed by atoms with Crippen LogP contribution in [0, 0.1) is 6.92 Å². The van der Waals surface area contributed by atoms with E-state index in [0.717, 1.165) is 36.5 Å². The summed E-state index contributed by atoms with van der Waals surface area (Å²) in [6, 6.07) is 8.06. The van der Waals surface area contributed by atoms with Crippen molar-refractivity contribution in [2.24, 2.45) is 0 Å². The zero-order chi connectivity index (χ0) is 15.6. The summed E-state index contributed by atoms with van der Waals surface area (Å²) in [5.41, 5.74) is 3.10. The largest absolute Gasteiger partial charge is 0.381 e. The second kappa shape index (κ2) is 5.92. The molecule has 1 aliphatic rings. The highest BCUT2D eigenvalue weighted by molar-refractivity contribution is 5.54. The highest BCUT2D eigenvalue weighted by atomic mass is 16.5. The number of hydrogen-bond donors (Lipinski definition) is 0. The molecule has 0 bridgehead atoms. The highest BCUT2D eigenvalue weighted by Gasteiger charge is 2.20. The number of aromatic nitrogens is 5. The van der Waals surface area contributed by atoms with Crippen molar-refractivity contribution < 1.29 is 9.26 Å². The van der Waals surface area contributed by atoms with Gasteiger partial charge in [-0.05, 0) is 12.0 Å². The molecule has 118 valence electrons. The van der Waals surface area contributed by atoms with Crippen molar-refractivity contribution in [1.82, 2.24) is 25.1 Å². The van der Waals surface area contributed by atoms with Gasteiger partial charge in [-0.2, -0.15) is 4.98 Å². The lowest BCUT2D eigenvalue weighted by molar-refractivity contribution is 0.193. The molecule has 0 unspecified atom stereocenters. The number of benzene rings is 1. The van der Waals surface area contributed by atoms with Gasteiger partial charge in [0.1, 0.15) is 0 Å². The molecule has 0 aliphatic carbocycles. The molecular weight excluding hydrogens is 294 g/mol. The quantitative estimate of drug-likeness (QED) is 0.735. The minimum absolute atomic E-state index is 0.382. The standard InChI is InChI=1S/C16H17N5O2/c1-11-17-16(19-23-11)13-4-2-12(3-5-13)8-21-9-15(18-20-21)14-6-7-22-10-14/h2-5,9,14H,6-8,10H2,1H3/t14-/m0/s1. The summed E-state index contributed by atoms with van der Waals surface area (Å²) >= 11 is 0. The molecule has 1 saturated heterocycles. The number of hydrogen-bond acceptors (Lipinski definition) is 6. The maximum atomic E-state index is 5.40. The normalized spacial score (nSPS) is 17.7. The van der Waals surface area contributed by atoms with Gasteiger partial charge in [0.05, 0.1) is 18.8 Å². The fourth-order valence-corrected chi connectivity index (χ4v) is 2.71. The Morgan fingerprint density at radius 1 is 1.26 bits per heavy atom.